The van der Waals surface area contributed by atoms with Crippen LogP contribution in [0, 0.1) is 5.92 Å². The monoisotopic (exact) mass is 736 g/mol. The number of nitrogens with zero attached hydrogens (tertiary/aromatic N) is 3. The molecule has 20 nitrogen and oxygen atoms in total. The number of imidazole rings is 1. The Labute approximate surface area is 302 Å². The van der Waals surface area contributed by atoms with Crippen molar-refractivity contribution in [3.05, 3.63) is 18.2 Å². The van der Waals surface area contributed by atoms with Crippen LogP contribution in [0.25, 0.3) is 0 Å². The van der Waals surface area contributed by atoms with Gasteiger partial charge in [-0.2, -0.15) is 0 Å². The molecule has 1 saturated heterocycles. The van der Waals surface area contributed by atoms with Crippen molar-refractivity contribution in [2.75, 3.05) is 26.2 Å². The van der Waals surface area contributed by atoms with E-state index in [0.29, 0.717) is 37.9 Å². The van der Waals surface area contributed by atoms with E-state index in [1.807, 2.05) is 13.8 Å². The normalized spacial score (nSPS) is 17.0. The standard InChI is InChI=1S/C32H56N12O8/c1-18(2)13-20(34)26(46)43-24(16-45)30(50)44-12-6-9-25(44)29(49)41-22(8-5-11-38-32(35)36)27(47)40-21(7-3-4-10-33)28(48)42-23(31(51)52)14-19-15-37-17-39-19/h15,17-18,20-25,45H,3-14,16,33-34H2,1-2H3,(H,37,39)(H,40,47)(H,41,49)(H,42,48)(H,43,46)(H,51,52)(H4,35,36,38)/t20-,21-,22-,23-,24-,25-/m0/s1. The molecule has 1 aliphatic heterocycles. The van der Waals surface area contributed by atoms with E-state index in [4.69, 9.17) is 22.9 Å². The Hall–Kier alpha value is -4.82. The average Bonchev–Trinajstić information content (AvgIpc) is 3.79. The van der Waals surface area contributed by atoms with E-state index < -0.39 is 78.4 Å². The minimum atomic E-state index is -1.34. The number of carboxylic acids is 1. The van der Waals surface area contributed by atoms with E-state index in [-0.39, 0.29) is 57.1 Å². The molecule has 1 aromatic heterocycles. The van der Waals surface area contributed by atoms with E-state index in [9.17, 15) is 39.0 Å². The van der Waals surface area contributed by atoms with Gasteiger partial charge in [0.1, 0.15) is 30.2 Å². The van der Waals surface area contributed by atoms with Crippen molar-refractivity contribution in [1.82, 2.24) is 36.1 Å². The molecule has 2 rings (SSSR count). The number of carbonyl (C=O) groups excluding carboxylic acids is 5. The van der Waals surface area contributed by atoms with Crippen LogP contribution in [0.5, 0.6) is 0 Å². The number of nitrogens with two attached hydrogens (primary N) is 4. The van der Waals surface area contributed by atoms with Gasteiger partial charge in [0.05, 0.1) is 19.0 Å². The molecule has 6 atom stereocenters. The molecule has 1 fully saturated rings. The number of amides is 5. The number of aliphatic imine (C=N–C) groups is 1. The lowest BCUT2D eigenvalue weighted by molar-refractivity contribution is -0.143. The molecule has 20 heteroatoms. The Morgan fingerprint density at radius 3 is 2.17 bits per heavy atom. The van der Waals surface area contributed by atoms with Crippen molar-refractivity contribution in [3.63, 3.8) is 0 Å². The second-order valence-corrected chi connectivity index (χ2v) is 13.2. The number of hydrogen-bond donors (Lipinski definition) is 11. The smallest absolute Gasteiger partial charge is 0.326 e. The molecule has 0 spiro atoms. The zero-order valence-electron chi connectivity index (χ0n) is 29.9. The third-order valence-corrected chi connectivity index (χ3v) is 8.45. The van der Waals surface area contributed by atoms with Gasteiger partial charge in [0.2, 0.25) is 29.5 Å². The lowest BCUT2D eigenvalue weighted by Crippen LogP contribution is -2.59. The van der Waals surface area contributed by atoms with Gasteiger partial charge in [0.15, 0.2) is 5.96 Å². The molecule has 5 amide bonds. The van der Waals surface area contributed by atoms with Gasteiger partial charge in [0, 0.05) is 31.4 Å². The summed E-state index contributed by atoms with van der Waals surface area (Å²) in [4.78, 5) is 90.7. The summed E-state index contributed by atoms with van der Waals surface area (Å²) in [6, 6.07) is -7.00. The van der Waals surface area contributed by atoms with Crippen LogP contribution in [0.2, 0.25) is 0 Å². The number of likely N-dealkylation sites (tertiary alicyclic amines) is 1. The Kier molecular flexibility index (Phi) is 18.5. The lowest BCUT2D eigenvalue weighted by Gasteiger charge is -2.30. The zero-order chi connectivity index (χ0) is 38.8. The van der Waals surface area contributed by atoms with Gasteiger partial charge in [-0.25, -0.2) is 9.78 Å². The van der Waals surface area contributed by atoms with Gasteiger partial charge in [0.25, 0.3) is 0 Å². The number of aromatic nitrogens is 2. The molecular weight excluding hydrogens is 680 g/mol. The van der Waals surface area contributed by atoms with E-state index >= 15 is 0 Å². The summed E-state index contributed by atoms with van der Waals surface area (Å²) in [7, 11) is 0. The van der Waals surface area contributed by atoms with Crippen LogP contribution < -0.4 is 44.2 Å². The van der Waals surface area contributed by atoms with Crippen molar-refractivity contribution >= 4 is 41.5 Å². The summed E-state index contributed by atoms with van der Waals surface area (Å²) in [6.45, 7) is 3.67. The molecule has 15 N–H and O–H groups in total. The molecule has 0 aromatic carbocycles. The molecular formula is C32H56N12O8. The molecule has 0 bridgehead atoms. The second kappa shape index (κ2) is 22.2. The summed E-state index contributed by atoms with van der Waals surface area (Å²) in [5.74, 6) is -4.79. The number of aliphatic hydroxyl groups is 1. The maximum Gasteiger partial charge on any atom is 0.326 e. The van der Waals surface area contributed by atoms with Crippen molar-refractivity contribution in [1.29, 1.82) is 0 Å². The van der Waals surface area contributed by atoms with Gasteiger partial charge in [-0.1, -0.05) is 13.8 Å². The fourth-order valence-electron chi connectivity index (χ4n) is 5.75. The number of rotatable bonds is 23. The largest absolute Gasteiger partial charge is 0.480 e. The van der Waals surface area contributed by atoms with Crippen molar-refractivity contribution in [3.8, 4) is 0 Å². The Morgan fingerprint density at radius 2 is 1.60 bits per heavy atom. The van der Waals surface area contributed by atoms with Crippen molar-refractivity contribution in [2.45, 2.75) is 108 Å². The number of guanidine groups is 1. The fourth-order valence-corrected chi connectivity index (χ4v) is 5.75. The SMILES string of the molecule is CC(C)C[C@H](N)C(=O)N[C@@H](CO)C(=O)N1CCC[C@H]1C(=O)N[C@@H](CCCN=C(N)N)C(=O)N[C@@H](CCCCN)C(=O)N[C@@H](Cc1cnc[nH]1)C(=O)O. The highest BCUT2D eigenvalue weighted by atomic mass is 16.4. The zero-order valence-corrected chi connectivity index (χ0v) is 29.9. The maximum absolute atomic E-state index is 13.8. The summed E-state index contributed by atoms with van der Waals surface area (Å²) in [5, 5.41) is 30.0. The number of aliphatic carboxylic acids is 1. The molecule has 2 heterocycles. The number of unbranched alkanes of at least 4 members (excludes halogenated alkanes) is 1. The summed E-state index contributed by atoms with van der Waals surface area (Å²) in [5.41, 5.74) is 22.9. The topological polar surface area (TPSA) is 339 Å². The summed E-state index contributed by atoms with van der Waals surface area (Å²) < 4.78 is 0. The Bertz CT molecular complexity index is 1350. The van der Waals surface area contributed by atoms with Gasteiger partial charge in [-0.15, -0.1) is 0 Å². The Morgan fingerprint density at radius 1 is 0.962 bits per heavy atom. The number of aliphatic hydroxyl groups excluding tert-OH is 1. The summed E-state index contributed by atoms with van der Waals surface area (Å²) >= 11 is 0. The average molecular weight is 737 g/mol. The first-order valence-corrected chi connectivity index (χ1v) is 17.5. The predicted molar refractivity (Wildman–Crippen MR) is 190 cm³/mol. The van der Waals surface area contributed by atoms with E-state index in [0.717, 1.165) is 0 Å². The van der Waals surface area contributed by atoms with E-state index in [1.54, 1.807) is 0 Å². The molecule has 1 aliphatic rings. The molecule has 0 aliphatic carbocycles. The fraction of sp³-hybridized carbons (Fsp3) is 0.688. The predicted octanol–water partition coefficient (Wildman–Crippen LogP) is -3.48. The number of aromatic amines is 1. The molecule has 0 unspecified atom stereocenters. The summed E-state index contributed by atoms with van der Waals surface area (Å²) in [6.07, 6.45) is 5.13. The van der Waals surface area contributed by atoms with E-state index in [2.05, 4.69) is 36.2 Å². The highest BCUT2D eigenvalue weighted by Gasteiger charge is 2.39. The minimum absolute atomic E-state index is 0.0345. The third-order valence-electron chi connectivity index (χ3n) is 8.45. The number of H-pyrrole nitrogens is 1. The van der Waals surface area contributed by atoms with E-state index in [1.165, 1.54) is 17.4 Å². The Balaban J connectivity index is 2.24. The highest BCUT2D eigenvalue weighted by molar-refractivity contribution is 5.96. The molecule has 0 saturated carbocycles. The number of nitrogens with one attached hydrogen (secondary N) is 5. The molecule has 292 valence electrons. The first-order valence-electron chi connectivity index (χ1n) is 17.5. The maximum atomic E-state index is 13.8. The first kappa shape index (κ1) is 43.3. The van der Waals surface area contributed by atoms with Gasteiger partial charge in [-0.3, -0.25) is 29.0 Å². The highest BCUT2D eigenvalue weighted by Crippen LogP contribution is 2.19. The van der Waals surface area contributed by atoms with Crippen molar-refractivity contribution in [2.24, 2.45) is 33.8 Å². The van der Waals surface area contributed by atoms with Crippen LogP contribution in [0.15, 0.2) is 17.5 Å². The van der Waals surface area contributed by atoms with Crippen LogP contribution in [0.4, 0.5) is 0 Å². The lowest BCUT2D eigenvalue weighted by atomic mass is 10.0. The van der Waals surface area contributed by atoms with Crippen LogP contribution in [0.3, 0.4) is 0 Å². The van der Waals surface area contributed by atoms with Crippen LogP contribution in [-0.2, 0) is 35.2 Å². The second-order valence-electron chi connectivity index (χ2n) is 13.2. The van der Waals surface area contributed by atoms with Crippen LogP contribution >= 0.6 is 0 Å². The first-order chi connectivity index (χ1) is 24.7. The number of carboxylic acid groups (broad SMARTS) is 1. The quantitative estimate of drug-likeness (QED) is 0.0296. The molecule has 1 aromatic rings. The molecule has 52 heavy (non-hydrogen) atoms. The van der Waals surface area contributed by atoms with Crippen LogP contribution in [0.1, 0.15) is 70.9 Å². The minimum Gasteiger partial charge on any atom is -0.480 e. The number of hydrogen-bond acceptors (Lipinski definition) is 11. The number of carbonyl (C=O) groups is 6. The van der Waals surface area contributed by atoms with Gasteiger partial charge < -0.3 is 64.3 Å². The molecule has 0 radical (unpaired) electrons. The van der Waals surface area contributed by atoms with Gasteiger partial charge >= 0.3 is 5.97 Å². The van der Waals surface area contributed by atoms with Crippen molar-refractivity contribution < 1.29 is 39.0 Å². The van der Waals surface area contributed by atoms with Crippen LogP contribution in [-0.4, -0.2) is 129 Å². The van der Waals surface area contributed by atoms with Gasteiger partial charge in [-0.05, 0) is 63.8 Å². The third kappa shape index (κ3) is 14.4.